The van der Waals surface area contributed by atoms with E-state index in [1.165, 1.54) is 13.2 Å². The topological polar surface area (TPSA) is 66.8 Å². The molecule has 0 saturated heterocycles. The zero-order chi connectivity index (χ0) is 12.3. The van der Waals surface area contributed by atoms with Crippen LogP contribution in [0.25, 0.3) is 0 Å². The molecule has 88 valence electrons. The highest BCUT2D eigenvalue weighted by Gasteiger charge is 2.19. The minimum atomic E-state index is -0.628. The van der Waals surface area contributed by atoms with Crippen LogP contribution in [0.5, 0.6) is 5.75 Å². The zero-order valence-electron chi connectivity index (χ0n) is 8.46. The summed E-state index contributed by atoms with van der Waals surface area (Å²) in [5.41, 5.74) is 0.537. The van der Waals surface area contributed by atoms with E-state index in [4.69, 9.17) is 16.7 Å². The molecule has 0 spiro atoms. The first-order valence-corrected chi connectivity index (χ1v) is 5.59. The van der Waals surface area contributed by atoms with Crippen molar-refractivity contribution >= 4 is 33.5 Å². The first-order chi connectivity index (χ1) is 7.52. The second-order valence-electron chi connectivity index (χ2n) is 3.01. The number of rotatable bonds is 3. The van der Waals surface area contributed by atoms with E-state index in [9.17, 15) is 9.90 Å². The number of methoxy groups -OCH3 is 1. The lowest BCUT2D eigenvalue weighted by atomic mass is 10.1. The van der Waals surface area contributed by atoms with Gasteiger partial charge in [0.2, 0.25) is 0 Å². The molecule has 0 aromatic heterocycles. The fraction of sp³-hybridized carbons (Fsp3) is 0.300. The number of phenols is 1. The number of aromatic hydroxyl groups is 1. The van der Waals surface area contributed by atoms with Gasteiger partial charge in [-0.2, -0.15) is 0 Å². The van der Waals surface area contributed by atoms with Crippen molar-refractivity contribution in [3.63, 3.8) is 0 Å². The second-order valence-corrected chi connectivity index (χ2v) is 4.24. The molecule has 0 unspecified atom stereocenters. The van der Waals surface area contributed by atoms with Crippen LogP contribution in [-0.4, -0.2) is 29.9 Å². The van der Waals surface area contributed by atoms with Crippen LogP contribution in [0.15, 0.2) is 10.5 Å². The number of carbonyl (C=O) groups is 1. The van der Waals surface area contributed by atoms with E-state index in [1.807, 2.05) is 0 Å². The molecule has 0 saturated carbocycles. The molecule has 1 aromatic rings. The average molecular weight is 310 g/mol. The molecule has 0 bridgehead atoms. The number of hydrogen-bond donors (Lipinski definition) is 2. The number of benzene rings is 1. The highest BCUT2D eigenvalue weighted by Crippen LogP contribution is 2.36. The molecular weight excluding hydrogens is 299 g/mol. The van der Waals surface area contributed by atoms with Crippen molar-refractivity contribution in [3.8, 4) is 5.75 Å². The quantitative estimate of drug-likeness (QED) is 0.840. The number of aliphatic hydroxyl groups excluding tert-OH is 1. The first-order valence-electron chi connectivity index (χ1n) is 4.42. The Balaban J connectivity index is 3.33. The molecule has 1 aromatic carbocycles. The number of ether oxygens (including phenoxy) is 1. The Morgan fingerprint density at radius 1 is 1.62 bits per heavy atom. The Morgan fingerprint density at radius 3 is 2.75 bits per heavy atom. The van der Waals surface area contributed by atoms with E-state index in [0.29, 0.717) is 10.0 Å². The van der Waals surface area contributed by atoms with Crippen molar-refractivity contribution in [3.05, 3.63) is 26.7 Å². The van der Waals surface area contributed by atoms with Crippen LogP contribution in [0.2, 0.25) is 5.02 Å². The maximum Gasteiger partial charge on any atom is 0.339 e. The Kier molecular flexibility index (Phi) is 4.58. The van der Waals surface area contributed by atoms with Crippen LogP contribution in [0.4, 0.5) is 0 Å². The number of carbonyl (C=O) groups excluding carboxylic acids is 1. The molecule has 4 nitrogen and oxygen atoms in total. The summed E-state index contributed by atoms with van der Waals surface area (Å²) in [7, 11) is 1.23. The van der Waals surface area contributed by atoms with Crippen molar-refractivity contribution in [1.29, 1.82) is 0 Å². The Hall–Kier alpha value is -0.780. The van der Waals surface area contributed by atoms with E-state index < -0.39 is 5.97 Å². The van der Waals surface area contributed by atoms with Crippen LogP contribution in [-0.2, 0) is 11.2 Å². The monoisotopic (exact) mass is 308 g/mol. The number of esters is 1. The molecule has 0 heterocycles. The van der Waals surface area contributed by atoms with E-state index in [2.05, 4.69) is 20.7 Å². The van der Waals surface area contributed by atoms with E-state index in [-0.39, 0.29) is 29.4 Å². The van der Waals surface area contributed by atoms with Gasteiger partial charge in [-0.3, -0.25) is 0 Å². The summed E-state index contributed by atoms with van der Waals surface area (Å²) in [4.78, 5) is 11.3. The van der Waals surface area contributed by atoms with Crippen molar-refractivity contribution < 1.29 is 19.7 Å². The number of aliphatic hydroxyl groups is 1. The van der Waals surface area contributed by atoms with E-state index in [0.717, 1.165) is 0 Å². The second kappa shape index (κ2) is 5.52. The molecule has 0 fully saturated rings. The maximum absolute atomic E-state index is 11.3. The fourth-order valence-electron chi connectivity index (χ4n) is 1.26. The van der Waals surface area contributed by atoms with Gasteiger partial charge in [0.25, 0.3) is 0 Å². The van der Waals surface area contributed by atoms with E-state index in [1.54, 1.807) is 0 Å². The molecule has 0 aliphatic heterocycles. The third kappa shape index (κ3) is 2.48. The van der Waals surface area contributed by atoms with Crippen LogP contribution in [0, 0.1) is 0 Å². The van der Waals surface area contributed by atoms with Gasteiger partial charge >= 0.3 is 5.97 Å². The van der Waals surface area contributed by atoms with Crippen LogP contribution in [0.3, 0.4) is 0 Å². The third-order valence-corrected chi connectivity index (χ3v) is 3.15. The summed E-state index contributed by atoms with van der Waals surface area (Å²) < 4.78 is 5.03. The van der Waals surface area contributed by atoms with Crippen LogP contribution < -0.4 is 0 Å². The summed E-state index contributed by atoms with van der Waals surface area (Å²) >= 11 is 9.02. The standard InChI is InChI=1S/C10H10BrClO4/c1-16-10(15)6-4-7(11)5(2-3-13)9(14)8(6)12/h4,13-14H,2-3H2,1H3. The highest BCUT2D eigenvalue weighted by molar-refractivity contribution is 9.10. The van der Waals surface area contributed by atoms with Gasteiger partial charge in [0.1, 0.15) is 5.75 Å². The normalized spacial score (nSPS) is 10.2. The number of hydrogen-bond acceptors (Lipinski definition) is 4. The summed E-state index contributed by atoms with van der Waals surface area (Å²) in [6, 6.07) is 1.46. The minimum absolute atomic E-state index is 0.0708. The molecule has 6 heteroatoms. The predicted octanol–water partition coefficient (Wildman–Crippen LogP) is 2.13. The predicted molar refractivity (Wildman–Crippen MR) is 62.9 cm³/mol. The SMILES string of the molecule is COC(=O)c1cc(Br)c(CCO)c(O)c1Cl. The lowest BCUT2D eigenvalue weighted by Crippen LogP contribution is -2.04. The van der Waals surface area contributed by atoms with Crippen molar-refractivity contribution in [1.82, 2.24) is 0 Å². The van der Waals surface area contributed by atoms with Gasteiger partial charge in [-0.25, -0.2) is 4.79 Å². The van der Waals surface area contributed by atoms with Crippen molar-refractivity contribution in [2.75, 3.05) is 13.7 Å². The minimum Gasteiger partial charge on any atom is -0.506 e. The first kappa shape index (κ1) is 13.3. The van der Waals surface area contributed by atoms with E-state index >= 15 is 0 Å². The summed E-state index contributed by atoms with van der Waals surface area (Å²) in [5.74, 6) is -0.845. The van der Waals surface area contributed by atoms with Gasteiger partial charge in [0.05, 0.1) is 17.7 Å². The smallest absolute Gasteiger partial charge is 0.339 e. The van der Waals surface area contributed by atoms with Crippen LogP contribution in [0.1, 0.15) is 15.9 Å². The molecule has 0 aliphatic rings. The maximum atomic E-state index is 11.3. The van der Waals surface area contributed by atoms with Gasteiger partial charge in [0, 0.05) is 23.1 Å². The molecule has 0 amide bonds. The average Bonchev–Trinajstić information content (AvgIpc) is 2.28. The van der Waals surface area contributed by atoms with Gasteiger partial charge < -0.3 is 14.9 Å². The Bertz CT molecular complexity index is 420. The summed E-state index contributed by atoms with van der Waals surface area (Å²) in [6.45, 7) is -0.125. The molecule has 16 heavy (non-hydrogen) atoms. The van der Waals surface area contributed by atoms with Gasteiger partial charge in [-0.05, 0) is 6.07 Å². The van der Waals surface area contributed by atoms with Gasteiger partial charge in [0.15, 0.2) is 0 Å². The summed E-state index contributed by atoms with van der Waals surface area (Å²) in [5, 5.41) is 18.5. The van der Waals surface area contributed by atoms with Crippen LogP contribution >= 0.6 is 27.5 Å². The molecule has 1 rings (SSSR count). The largest absolute Gasteiger partial charge is 0.506 e. The molecule has 0 atom stereocenters. The molecule has 2 N–H and O–H groups in total. The Morgan fingerprint density at radius 2 is 2.25 bits per heavy atom. The number of halogens is 2. The number of phenolic OH excluding ortho intramolecular Hbond substituents is 1. The summed E-state index contributed by atoms with van der Waals surface area (Å²) in [6.07, 6.45) is 0.244. The molecule has 0 aliphatic carbocycles. The van der Waals surface area contributed by atoms with Crippen molar-refractivity contribution in [2.45, 2.75) is 6.42 Å². The third-order valence-electron chi connectivity index (χ3n) is 2.06. The van der Waals surface area contributed by atoms with Gasteiger partial charge in [-0.15, -0.1) is 0 Å². The lowest BCUT2D eigenvalue weighted by Gasteiger charge is -2.11. The molecular formula is C10H10BrClO4. The molecule has 0 radical (unpaired) electrons. The van der Waals surface area contributed by atoms with Gasteiger partial charge in [-0.1, -0.05) is 27.5 Å². The fourth-order valence-corrected chi connectivity index (χ4v) is 2.12. The zero-order valence-corrected chi connectivity index (χ0v) is 10.8. The lowest BCUT2D eigenvalue weighted by molar-refractivity contribution is 0.0600. The Labute approximate surface area is 106 Å². The highest BCUT2D eigenvalue weighted by atomic mass is 79.9. The van der Waals surface area contributed by atoms with Crippen molar-refractivity contribution in [2.24, 2.45) is 0 Å².